The van der Waals surface area contributed by atoms with Crippen LogP contribution in [0.15, 0.2) is 29.4 Å². The minimum atomic E-state index is -0.875. The molecule has 0 heterocycles. The van der Waals surface area contributed by atoms with Crippen molar-refractivity contribution in [3.05, 3.63) is 39.9 Å². The molecule has 1 aromatic carbocycles. The van der Waals surface area contributed by atoms with Gasteiger partial charge in [-0.15, -0.1) is 0 Å². The zero-order valence-electron chi connectivity index (χ0n) is 10.1. The van der Waals surface area contributed by atoms with Crippen LogP contribution in [0.3, 0.4) is 0 Å². The van der Waals surface area contributed by atoms with Gasteiger partial charge in [0.05, 0.1) is 11.1 Å². The first-order chi connectivity index (χ1) is 9.04. The Morgan fingerprint density at radius 2 is 1.95 bits per heavy atom. The van der Waals surface area contributed by atoms with E-state index in [9.17, 15) is 19.7 Å². The molecule has 0 aromatic heterocycles. The molecule has 0 bridgehead atoms. The fourth-order valence-electron chi connectivity index (χ4n) is 1.14. The van der Waals surface area contributed by atoms with E-state index in [0.717, 1.165) is 0 Å². The van der Waals surface area contributed by atoms with E-state index in [0.29, 0.717) is 12.1 Å². The van der Waals surface area contributed by atoms with Crippen molar-refractivity contribution >= 4 is 23.7 Å². The highest BCUT2D eigenvalue weighted by Crippen LogP contribution is 2.10. The smallest absolute Gasteiger partial charge is 0.329 e. The molecule has 0 saturated carbocycles. The first kappa shape index (κ1) is 14.3. The Morgan fingerprint density at radius 3 is 2.47 bits per heavy atom. The van der Waals surface area contributed by atoms with Crippen LogP contribution in [0, 0.1) is 10.1 Å². The summed E-state index contributed by atoms with van der Waals surface area (Å²) in [6.07, 6.45) is 1.28. The largest absolute Gasteiger partial charge is 0.348 e. The molecule has 0 aliphatic heterocycles. The quantitative estimate of drug-likeness (QED) is 0.349. The summed E-state index contributed by atoms with van der Waals surface area (Å²) in [5.41, 5.74) is 2.56. The van der Waals surface area contributed by atoms with Gasteiger partial charge in [0, 0.05) is 18.7 Å². The number of nitrogens with zero attached hydrogens (tertiary/aromatic N) is 2. The van der Waals surface area contributed by atoms with E-state index in [1.165, 1.54) is 30.5 Å². The van der Waals surface area contributed by atoms with Gasteiger partial charge < -0.3 is 5.32 Å². The number of carbonyl (C=O) groups is 2. The molecule has 0 radical (unpaired) electrons. The van der Waals surface area contributed by atoms with Crippen LogP contribution in [-0.4, -0.2) is 29.5 Å². The Balaban J connectivity index is 2.55. The monoisotopic (exact) mass is 264 g/mol. The zero-order valence-corrected chi connectivity index (χ0v) is 10.1. The van der Waals surface area contributed by atoms with Gasteiger partial charge in [0.15, 0.2) is 0 Å². The number of rotatable bonds is 4. The molecule has 1 rings (SSSR count). The van der Waals surface area contributed by atoms with Crippen LogP contribution in [0.1, 0.15) is 12.5 Å². The van der Waals surface area contributed by atoms with Gasteiger partial charge in [0.25, 0.3) is 5.69 Å². The summed E-state index contributed by atoms with van der Waals surface area (Å²) in [6, 6.07) is 5.57. The number of non-ortho nitro benzene ring substituents is 1. The van der Waals surface area contributed by atoms with Crippen molar-refractivity contribution in [2.75, 3.05) is 6.54 Å². The Labute approximate surface area is 108 Å². The molecule has 1 aromatic rings. The van der Waals surface area contributed by atoms with Crippen molar-refractivity contribution in [3.63, 3.8) is 0 Å². The number of hydrogen-bond donors (Lipinski definition) is 2. The van der Waals surface area contributed by atoms with Gasteiger partial charge >= 0.3 is 11.8 Å². The molecule has 0 saturated heterocycles. The molecular weight excluding hydrogens is 252 g/mol. The zero-order chi connectivity index (χ0) is 14.3. The first-order valence-electron chi connectivity index (χ1n) is 5.40. The lowest BCUT2D eigenvalue weighted by Crippen LogP contribution is -2.37. The predicted molar refractivity (Wildman–Crippen MR) is 67.5 cm³/mol. The molecule has 8 nitrogen and oxygen atoms in total. The van der Waals surface area contributed by atoms with Gasteiger partial charge in [0.1, 0.15) is 0 Å². The fraction of sp³-hybridized carbons (Fsp3) is 0.182. The lowest BCUT2D eigenvalue weighted by molar-refractivity contribution is -0.384. The second-order valence-electron chi connectivity index (χ2n) is 3.41. The number of hydrogen-bond acceptors (Lipinski definition) is 5. The molecule has 19 heavy (non-hydrogen) atoms. The third-order valence-electron chi connectivity index (χ3n) is 2.03. The van der Waals surface area contributed by atoms with Crippen molar-refractivity contribution < 1.29 is 14.5 Å². The van der Waals surface area contributed by atoms with Gasteiger partial charge in [0.2, 0.25) is 0 Å². The van der Waals surface area contributed by atoms with Gasteiger partial charge in [-0.3, -0.25) is 19.7 Å². The molecule has 2 N–H and O–H groups in total. The van der Waals surface area contributed by atoms with E-state index in [1.54, 1.807) is 6.92 Å². The van der Waals surface area contributed by atoms with Crippen LogP contribution in [0.4, 0.5) is 5.69 Å². The fourth-order valence-corrected chi connectivity index (χ4v) is 1.14. The maximum absolute atomic E-state index is 11.1. The highest BCUT2D eigenvalue weighted by molar-refractivity contribution is 6.35. The highest BCUT2D eigenvalue weighted by atomic mass is 16.6. The van der Waals surface area contributed by atoms with Gasteiger partial charge in [-0.2, -0.15) is 5.10 Å². The van der Waals surface area contributed by atoms with Crippen LogP contribution >= 0.6 is 0 Å². The standard InChI is InChI=1S/C11H12N4O4/c1-2-12-10(16)11(17)14-13-7-8-3-5-9(6-4-8)15(18)19/h3-7H,2H2,1H3,(H,12,16)(H,14,17)/b13-7+. The number of hydrazone groups is 1. The number of carbonyl (C=O) groups excluding carboxylic acids is 2. The summed E-state index contributed by atoms with van der Waals surface area (Å²) in [7, 11) is 0. The van der Waals surface area contributed by atoms with E-state index in [-0.39, 0.29) is 5.69 Å². The number of nitrogens with one attached hydrogen (secondary N) is 2. The van der Waals surface area contributed by atoms with E-state index < -0.39 is 16.7 Å². The van der Waals surface area contributed by atoms with E-state index in [2.05, 4.69) is 10.4 Å². The number of benzene rings is 1. The molecule has 8 heteroatoms. The van der Waals surface area contributed by atoms with E-state index in [1.807, 2.05) is 5.43 Å². The third kappa shape index (κ3) is 4.54. The maximum Gasteiger partial charge on any atom is 0.329 e. The number of likely N-dealkylation sites (N-methyl/N-ethyl adjacent to an activating group) is 1. The van der Waals surface area contributed by atoms with Crippen LogP contribution in [0.25, 0.3) is 0 Å². The van der Waals surface area contributed by atoms with Crippen LogP contribution in [0.2, 0.25) is 0 Å². The Morgan fingerprint density at radius 1 is 1.32 bits per heavy atom. The lowest BCUT2D eigenvalue weighted by atomic mass is 10.2. The average Bonchev–Trinajstić information content (AvgIpc) is 2.39. The van der Waals surface area contributed by atoms with Crippen molar-refractivity contribution in [2.45, 2.75) is 6.92 Å². The third-order valence-corrected chi connectivity index (χ3v) is 2.03. The summed E-state index contributed by atoms with van der Waals surface area (Å²) in [5, 5.41) is 16.3. The SMILES string of the molecule is CCNC(=O)C(=O)N/N=C/c1ccc([N+](=O)[O-])cc1. The maximum atomic E-state index is 11.1. The number of amides is 2. The van der Waals surface area contributed by atoms with E-state index in [4.69, 9.17) is 0 Å². The molecule has 0 aliphatic carbocycles. The normalized spacial score (nSPS) is 10.2. The second-order valence-corrected chi connectivity index (χ2v) is 3.41. The van der Waals surface area contributed by atoms with Crippen molar-refractivity contribution in [2.24, 2.45) is 5.10 Å². The predicted octanol–water partition coefficient (Wildman–Crippen LogP) is 0.181. The Hall–Kier alpha value is -2.77. The first-order valence-corrected chi connectivity index (χ1v) is 5.40. The Kier molecular flexibility index (Phi) is 5.15. The molecule has 2 amide bonds. The molecule has 100 valence electrons. The summed E-state index contributed by atoms with van der Waals surface area (Å²) >= 11 is 0. The minimum Gasteiger partial charge on any atom is -0.348 e. The van der Waals surface area contributed by atoms with Crippen molar-refractivity contribution in [1.82, 2.24) is 10.7 Å². The van der Waals surface area contributed by atoms with Crippen LogP contribution in [0.5, 0.6) is 0 Å². The topological polar surface area (TPSA) is 114 Å². The van der Waals surface area contributed by atoms with E-state index >= 15 is 0 Å². The second kappa shape index (κ2) is 6.84. The molecular formula is C11H12N4O4. The average molecular weight is 264 g/mol. The summed E-state index contributed by atoms with van der Waals surface area (Å²) in [4.78, 5) is 32.1. The summed E-state index contributed by atoms with van der Waals surface area (Å²) < 4.78 is 0. The molecule has 0 atom stereocenters. The molecule has 0 aliphatic rings. The van der Waals surface area contributed by atoms with Gasteiger partial charge in [-0.1, -0.05) is 0 Å². The highest BCUT2D eigenvalue weighted by Gasteiger charge is 2.10. The van der Waals surface area contributed by atoms with Crippen LogP contribution in [-0.2, 0) is 9.59 Å². The summed E-state index contributed by atoms with van der Waals surface area (Å²) in [6.45, 7) is 2.03. The minimum absolute atomic E-state index is 0.0384. The van der Waals surface area contributed by atoms with Gasteiger partial charge in [-0.25, -0.2) is 5.43 Å². The van der Waals surface area contributed by atoms with Crippen LogP contribution < -0.4 is 10.7 Å². The van der Waals surface area contributed by atoms with Gasteiger partial charge in [-0.05, 0) is 24.6 Å². The van der Waals surface area contributed by atoms with Crippen molar-refractivity contribution in [3.8, 4) is 0 Å². The van der Waals surface area contributed by atoms with Crippen molar-refractivity contribution in [1.29, 1.82) is 0 Å². The summed E-state index contributed by atoms with van der Waals surface area (Å²) in [5.74, 6) is -1.65. The molecule has 0 unspecified atom stereocenters. The number of nitro groups is 1. The molecule has 0 spiro atoms. The molecule has 0 fully saturated rings. The lowest BCUT2D eigenvalue weighted by Gasteiger charge is -1.99. The Bertz CT molecular complexity index is 510. The number of nitro benzene ring substituents is 1.